The molecule has 5 nitrogen and oxygen atoms in total. The van der Waals surface area contributed by atoms with Crippen LogP contribution in [0.15, 0.2) is 35.4 Å². The molecule has 0 aliphatic carbocycles. The molecule has 2 heterocycles. The van der Waals surface area contributed by atoms with E-state index in [0.29, 0.717) is 5.65 Å². The fraction of sp³-hybridized carbons (Fsp3) is 0. The molecule has 68 valence electrons. The zero-order chi connectivity index (χ0) is 9.54. The molecule has 0 amide bonds. The quantitative estimate of drug-likeness (QED) is 0.558. The lowest BCUT2D eigenvalue weighted by molar-refractivity contribution is 1.02. The molecular weight excluding hydrogens is 180 g/mol. The first-order valence-electron chi connectivity index (χ1n) is 4.17. The minimum absolute atomic E-state index is 0.219. The summed E-state index contributed by atoms with van der Waals surface area (Å²) in [5, 5.41) is 8.50. The zero-order valence-electron chi connectivity index (χ0n) is 7.14. The molecule has 0 unspecified atom stereocenters. The van der Waals surface area contributed by atoms with Gasteiger partial charge in [0.15, 0.2) is 5.65 Å². The van der Waals surface area contributed by atoms with Crippen LogP contribution in [-0.2, 0) is 0 Å². The minimum atomic E-state index is -0.219. The maximum absolute atomic E-state index is 11.5. The topological polar surface area (TPSA) is 63.0 Å². The third kappa shape index (κ3) is 0.806. The number of aromatic nitrogens is 4. The van der Waals surface area contributed by atoms with Crippen molar-refractivity contribution < 1.29 is 0 Å². The van der Waals surface area contributed by atoms with Gasteiger partial charge in [-0.3, -0.25) is 0 Å². The molecule has 3 aromatic rings. The van der Waals surface area contributed by atoms with Gasteiger partial charge in [0, 0.05) is 5.39 Å². The van der Waals surface area contributed by atoms with Crippen molar-refractivity contribution >= 4 is 16.6 Å². The summed E-state index contributed by atoms with van der Waals surface area (Å²) in [7, 11) is 0. The van der Waals surface area contributed by atoms with E-state index < -0.39 is 0 Å². The molecule has 14 heavy (non-hydrogen) atoms. The lowest BCUT2D eigenvalue weighted by atomic mass is 10.2. The number of rotatable bonds is 0. The summed E-state index contributed by atoms with van der Waals surface area (Å²) in [6.07, 6.45) is 1.40. The summed E-state index contributed by atoms with van der Waals surface area (Å²) in [6, 6.07) is 7.50. The summed E-state index contributed by atoms with van der Waals surface area (Å²) < 4.78 is 1.39. The van der Waals surface area contributed by atoms with Crippen LogP contribution in [0.4, 0.5) is 0 Å². The molecule has 0 radical (unpaired) electrons. The van der Waals surface area contributed by atoms with Gasteiger partial charge in [0.25, 0.3) is 0 Å². The monoisotopic (exact) mass is 186 g/mol. The first kappa shape index (κ1) is 7.25. The molecule has 0 bridgehead atoms. The van der Waals surface area contributed by atoms with Gasteiger partial charge < -0.3 is 4.98 Å². The Morgan fingerprint density at radius 2 is 2.14 bits per heavy atom. The van der Waals surface area contributed by atoms with Crippen molar-refractivity contribution in [2.45, 2.75) is 0 Å². The summed E-state index contributed by atoms with van der Waals surface area (Å²) in [4.78, 5) is 14.2. The summed E-state index contributed by atoms with van der Waals surface area (Å²) in [5.41, 5.74) is 1.14. The van der Waals surface area contributed by atoms with Gasteiger partial charge in [-0.25, -0.2) is 9.20 Å². The fourth-order valence-corrected chi connectivity index (χ4v) is 1.53. The molecule has 0 saturated heterocycles. The number of nitrogens with zero attached hydrogens (tertiary/aromatic N) is 3. The van der Waals surface area contributed by atoms with Crippen LogP contribution in [-0.4, -0.2) is 19.6 Å². The number of fused-ring (bicyclic) bond motifs is 3. The minimum Gasteiger partial charge on any atom is -0.306 e. The Labute approximate surface area is 78.0 Å². The molecule has 0 spiro atoms. The summed E-state index contributed by atoms with van der Waals surface area (Å²) in [5.74, 6) is 0. The normalized spacial score (nSPS) is 11.1. The number of benzene rings is 1. The van der Waals surface area contributed by atoms with E-state index in [1.807, 2.05) is 24.3 Å². The van der Waals surface area contributed by atoms with E-state index in [-0.39, 0.29) is 5.69 Å². The lowest BCUT2D eigenvalue weighted by Crippen LogP contribution is -2.15. The first-order chi connectivity index (χ1) is 6.86. The van der Waals surface area contributed by atoms with Crippen molar-refractivity contribution in [3.63, 3.8) is 0 Å². The molecule has 1 aromatic carbocycles. The molecule has 5 heteroatoms. The van der Waals surface area contributed by atoms with E-state index in [1.54, 1.807) is 0 Å². The van der Waals surface area contributed by atoms with Crippen LogP contribution in [0, 0.1) is 0 Å². The summed E-state index contributed by atoms with van der Waals surface area (Å²) >= 11 is 0. The Kier molecular flexibility index (Phi) is 1.25. The van der Waals surface area contributed by atoms with Crippen LogP contribution in [0.5, 0.6) is 0 Å². The highest BCUT2D eigenvalue weighted by Gasteiger charge is 2.04. The number of hydrogen-bond donors (Lipinski definition) is 1. The van der Waals surface area contributed by atoms with Crippen molar-refractivity contribution in [3.05, 3.63) is 41.1 Å². The number of aromatic amines is 1. The molecule has 0 saturated carbocycles. The van der Waals surface area contributed by atoms with Crippen LogP contribution < -0.4 is 5.69 Å². The van der Waals surface area contributed by atoms with Crippen LogP contribution >= 0.6 is 0 Å². The van der Waals surface area contributed by atoms with Crippen LogP contribution in [0.1, 0.15) is 0 Å². The van der Waals surface area contributed by atoms with Crippen molar-refractivity contribution in [1.29, 1.82) is 0 Å². The second-order valence-electron chi connectivity index (χ2n) is 3.00. The smallest absolute Gasteiger partial charge is 0.306 e. The second kappa shape index (κ2) is 2.41. The van der Waals surface area contributed by atoms with Gasteiger partial charge in [-0.1, -0.05) is 12.1 Å². The van der Waals surface area contributed by atoms with Gasteiger partial charge in [-0.15, -0.1) is 10.2 Å². The van der Waals surface area contributed by atoms with Gasteiger partial charge in [0.1, 0.15) is 6.33 Å². The van der Waals surface area contributed by atoms with E-state index >= 15 is 0 Å². The molecule has 3 rings (SSSR count). The number of H-pyrrole nitrogens is 1. The van der Waals surface area contributed by atoms with Gasteiger partial charge >= 0.3 is 5.69 Å². The highest BCUT2D eigenvalue weighted by atomic mass is 16.1. The summed E-state index contributed by atoms with van der Waals surface area (Å²) in [6.45, 7) is 0. The lowest BCUT2D eigenvalue weighted by Gasteiger charge is -1.97. The fourth-order valence-electron chi connectivity index (χ4n) is 1.53. The maximum atomic E-state index is 11.5. The van der Waals surface area contributed by atoms with E-state index in [9.17, 15) is 4.79 Å². The predicted molar refractivity (Wildman–Crippen MR) is 51.1 cm³/mol. The molecule has 2 aromatic heterocycles. The standard InChI is InChI=1S/C9H6N4O/c14-9-11-7-4-2-1-3-6(7)8-12-10-5-13(8)9/h1-5H,(H,11,14). The second-order valence-corrected chi connectivity index (χ2v) is 3.00. The van der Waals surface area contributed by atoms with Gasteiger partial charge in [0.2, 0.25) is 0 Å². The highest BCUT2D eigenvalue weighted by Crippen LogP contribution is 2.12. The Balaban J connectivity index is 2.73. The van der Waals surface area contributed by atoms with Gasteiger partial charge in [-0.05, 0) is 12.1 Å². The largest absolute Gasteiger partial charge is 0.333 e. The van der Waals surface area contributed by atoms with E-state index in [2.05, 4.69) is 15.2 Å². The third-order valence-electron chi connectivity index (χ3n) is 2.18. The average molecular weight is 186 g/mol. The number of hydrogen-bond acceptors (Lipinski definition) is 3. The molecule has 0 atom stereocenters. The molecular formula is C9H6N4O. The average Bonchev–Trinajstić information content (AvgIpc) is 2.67. The Bertz CT molecular complexity index is 667. The molecule has 1 N–H and O–H groups in total. The Morgan fingerprint density at radius 1 is 1.29 bits per heavy atom. The number of nitrogens with one attached hydrogen (secondary N) is 1. The van der Waals surface area contributed by atoms with Crippen molar-refractivity contribution in [2.75, 3.05) is 0 Å². The highest BCUT2D eigenvalue weighted by molar-refractivity contribution is 5.90. The maximum Gasteiger partial charge on any atom is 0.333 e. The van der Waals surface area contributed by atoms with Crippen molar-refractivity contribution in [2.24, 2.45) is 0 Å². The van der Waals surface area contributed by atoms with E-state index in [1.165, 1.54) is 10.7 Å². The van der Waals surface area contributed by atoms with Gasteiger partial charge in [-0.2, -0.15) is 0 Å². The van der Waals surface area contributed by atoms with E-state index in [4.69, 9.17) is 0 Å². The van der Waals surface area contributed by atoms with Crippen molar-refractivity contribution in [3.8, 4) is 0 Å². The van der Waals surface area contributed by atoms with Gasteiger partial charge in [0.05, 0.1) is 5.52 Å². The van der Waals surface area contributed by atoms with Crippen LogP contribution in [0.2, 0.25) is 0 Å². The third-order valence-corrected chi connectivity index (χ3v) is 2.18. The predicted octanol–water partition coefficient (Wildman–Crippen LogP) is 0.571. The van der Waals surface area contributed by atoms with E-state index in [0.717, 1.165) is 10.9 Å². The molecule has 0 fully saturated rings. The number of para-hydroxylation sites is 1. The Hall–Kier alpha value is -2.17. The Morgan fingerprint density at radius 3 is 3.07 bits per heavy atom. The first-order valence-corrected chi connectivity index (χ1v) is 4.17. The van der Waals surface area contributed by atoms with Crippen LogP contribution in [0.3, 0.4) is 0 Å². The zero-order valence-corrected chi connectivity index (χ0v) is 7.14. The molecule has 0 aliphatic rings. The molecule has 0 aliphatic heterocycles. The SMILES string of the molecule is O=c1[nH]c2ccccc2c2nncn12. The van der Waals surface area contributed by atoms with Crippen molar-refractivity contribution in [1.82, 2.24) is 19.6 Å². The van der Waals surface area contributed by atoms with Crippen LogP contribution in [0.25, 0.3) is 16.6 Å².